The van der Waals surface area contributed by atoms with Gasteiger partial charge in [-0.25, -0.2) is 8.78 Å². The molecule has 1 aliphatic rings. The van der Waals surface area contributed by atoms with Crippen LogP contribution in [0.4, 0.5) is 22.0 Å². The predicted octanol–water partition coefficient (Wildman–Crippen LogP) is 2.76. The van der Waals surface area contributed by atoms with E-state index >= 15 is 0 Å². The van der Waals surface area contributed by atoms with E-state index in [4.69, 9.17) is 0 Å². The van der Waals surface area contributed by atoms with Crippen LogP contribution in [0.25, 0.3) is 0 Å². The Bertz CT molecular complexity index is 633. The van der Waals surface area contributed by atoms with Crippen molar-refractivity contribution in [2.75, 3.05) is 13.1 Å². The Balaban J connectivity index is 2.03. The molecular formula is C13H14F5NO3S. The summed E-state index contributed by atoms with van der Waals surface area (Å²) in [4.78, 5) is 1.34. The third kappa shape index (κ3) is 4.39. The summed E-state index contributed by atoms with van der Waals surface area (Å²) in [6.45, 7) is -0.683. The topological polar surface area (TPSA) is 46.6 Å². The molecule has 1 atom stereocenters. The normalized spacial score (nSPS) is 22.9. The molecule has 0 saturated carbocycles. The second kappa shape index (κ2) is 6.33. The lowest BCUT2D eigenvalue weighted by Crippen LogP contribution is -2.53. The maximum Gasteiger partial charge on any atom is 0.523 e. The number of nitrogens with zero attached hydrogens (tertiary/aromatic N) is 1. The molecule has 1 aromatic rings. The molecule has 0 radical (unpaired) electrons. The Hall–Kier alpha value is -1.26. The molecule has 0 aromatic heterocycles. The van der Waals surface area contributed by atoms with E-state index in [2.05, 4.69) is 4.18 Å². The molecule has 130 valence electrons. The van der Waals surface area contributed by atoms with Gasteiger partial charge < -0.3 is 0 Å². The lowest BCUT2D eigenvalue weighted by molar-refractivity contribution is -0.146. The van der Waals surface area contributed by atoms with Crippen LogP contribution >= 0.6 is 0 Å². The first kappa shape index (κ1) is 18.1. The van der Waals surface area contributed by atoms with Crippen molar-refractivity contribution in [2.45, 2.75) is 30.5 Å². The van der Waals surface area contributed by atoms with Gasteiger partial charge in [-0.15, -0.1) is 0 Å². The second-order valence-electron chi connectivity index (χ2n) is 5.23. The van der Waals surface area contributed by atoms with Gasteiger partial charge in [0.15, 0.2) is 0 Å². The van der Waals surface area contributed by atoms with E-state index in [1.807, 2.05) is 0 Å². The van der Waals surface area contributed by atoms with E-state index in [1.54, 1.807) is 30.3 Å². The molecule has 1 saturated heterocycles. The minimum absolute atomic E-state index is 0.00251. The summed E-state index contributed by atoms with van der Waals surface area (Å²) >= 11 is 0. The van der Waals surface area contributed by atoms with Crippen molar-refractivity contribution in [1.29, 1.82) is 0 Å². The van der Waals surface area contributed by atoms with Crippen LogP contribution in [0, 0.1) is 0 Å². The van der Waals surface area contributed by atoms with Crippen LogP contribution in [0.3, 0.4) is 0 Å². The number of benzene rings is 1. The average Bonchev–Trinajstić information content (AvgIpc) is 2.41. The summed E-state index contributed by atoms with van der Waals surface area (Å²) in [6.07, 6.45) is -2.84. The quantitative estimate of drug-likeness (QED) is 0.471. The smallest absolute Gasteiger partial charge is 0.293 e. The van der Waals surface area contributed by atoms with Gasteiger partial charge in [0.1, 0.15) is 6.10 Å². The first-order valence-electron chi connectivity index (χ1n) is 6.65. The average molecular weight is 359 g/mol. The largest absolute Gasteiger partial charge is 0.523 e. The summed E-state index contributed by atoms with van der Waals surface area (Å²) < 4.78 is 90.1. The van der Waals surface area contributed by atoms with Gasteiger partial charge in [0.25, 0.3) is 5.92 Å². The SMILES string of the molecule is O=S(=O)(OC1CCN(Cc2ccccc2)CC1(F)F)C(F)(F)F. The molecule has 1 aromatic carbocycles. The van der Waals surface area contributed by atoms with Crippen LogP contribution in [0.1, 0.15) is 12.0 Å². The number of hydrogen-bond acceptors (Lipinski definition) is 4. The summed E-state index contributed by atoms with van der Waals surface area (Å²) in [5, 5.41) is 0. The Morgan fingerprint density at radius 2 is 1.83 bits per heavy atom. The lowest BCUT2D eigenvalue weighted by atomic mass is 10.0. The number of rotatable bonds is 4. The molecule has 1 fully saturated rings. The maximum absolute atomic E-state index is 13.9. The van der Waals surface area contributed by atoms with E-state index < -0.39 is 40.6 Å². The fourth-order valence-electron chi connectivity index (χ4n) is 2.29. The highest BCUT2D eigenvalue weighted by Gasteiger charge is 2.54. The molecule has 1 aliphatic heterocycles. The monoisotopic (exact) mass is 359 g/mol. The van der Waals surface area contributed by atoms with Crippen molar-refractivity contribution in [3.8, 4) is 0 Å². The fourth-order valence-corrected chi connectivity index (χ4v) is 2.94. The number of alkyl halides is 5. The minimum Gasteiger partial charge on any atom is -0.293 e. The molecule has 1 heterocycles. The van der Waals surface area contributed by atoms with Gasteiger partial charge in [0.2, 0.25) is 0 Å². The van der Waals surface area contributed by atoms with Gasteiger partial charge in [-0.3, -0.25) is 9.08 Å². The molecule has 23 heavy (non-hydrogen) atoms. The van der Waals surface area contributed by atoms with Crippen molar-refractivity contribution in [3.05, 3.63) is 35.9 Å². The third-order valence-corrected chi connectivity index (χ3v) is 4.44. The fraction of sp³-hybridized carbons (Fsp3) is 0.538. The van der Waals surface area contributed by atoms with Crippen LogP contribution in [0.2, 0.25) is 0 Å². The zero-order valence-electron chi connectivity index (χ0n) is 11.8. The Kier molecular flexibility index (Phi) is 4.97. The van der Waals surface area contributed by atoms with E-state index in [9.17, 15) is 30.4 Å². The summed E-state index contributed by atoms with van der Waals surface area (Å²) in [5.74, 6) is -3.70. The zero-order chi connectivity index (χ0) is 17.3. The van der Waals surface area contributed by atoms with E-state index in [1.165, 1.54) is 4.90 Å². The third-order valence-electron chi connectivity index (χ3n) is 3.39. The first-order chi connectivity index (χ1) is 10.5. The lowest BCUT2D eigenvalue weighted by Gasteiger charge is -2.37. The number of likely N-dealkylation sites (tertiary alicyclic amines) is 1. The van der Waals surface area contributed by atoms with E-state index in [0.717, 1.165) is 5.56 Å². The van der Waals surface area contributed by atoms with Gasteiger partial charge in [0, 0.05) is 13.1 Å². The first-order valence-corrected chi connectivity index (χ1v) is 8.06. The standard InChI is InChI=1S/C13H14F5NO3S/c14-12(15)9-19(8-10-4-2-1-3-5-10)7-6-11(12)22-23(20,21)13(16,17)18/h1-5,11H,6-9H2. The van der Waals surface area contributed by atoms with Crippen LogP contribution in [0.15, 0.2) is 30.3 Å². The minimum atomic E-state index is -6.04. The molecule has 2 rings (SSSR count). The maximum atomic E-state index is 13.9. The Morgan fingerprint density at radius 1 is 1.22 bits per heavy atom. The Morgan fingerprint density at radius 3 is 2.35 bits per heavy atom. The van der Waals surface area contributed by atoms with Crippen LogP contribution < -0.4 is 0 Å². The number of piperidine rings is 1. The van der Waals surface area contributed by atoms with E-state index in [0.29, 0.717) is 0 Å². The van der Waals surface area contributed by atoms with Gasteiger partial charge in [0.05, 0.1) is 6.54 Å². The molecule has 0 N–H and O–H groups in total. The van der Waals surface area contributed by atoms with Crippen molar-refractivity contribution >= 4 is 10.1 Å². The molecule has 4 nitrogen and oxygen atoms in total. The summed E-state index contributed by atoms with van der Waals surface area (Å²) in [6, 6.07) is 8.70. The highest BCUT2D eigenvalue weighted by atomic mass is 32.2. The van der Waals surface area contributed by atoms with Gasteiger partial charge in [-0.1, -0.05) is 30.3 Å². The highest BCUT2D eigenvalue weighted by molar-refractivity contribution is 7.87. The summed E-state index contributed by atoms with van der Waals surface area (Å²) in [5.41, 5.74) is -4.95. The van der Waals surface area contributed by atoms with Crippen molar-refractivity contribution in [1.82, 2.24) is 4.90 Å². The van der Waals surface area contributed by atoms with Crippen LogP contribution in [0.5, 0.6) is 0 Å². The number of hydrogen-bond donors (Lipinski definition) is 0. The van der Waals surface area contributed by atoms with Crippen molar-refractivity contribution in [2.24, 2.45) is 0 Å². The second-order valence-corrected chi connectivity index (χ2v) is 6.79. The van der Waals surface area contributed by atoms with Crippen molar-refractivity contribution in [3.63, 3.8) is 0 Å². The predicted molar refractivity (Wildman–Crippen MR) is 71.1 cm³/mol. The summed E-state index contributed by atoms with van der Waals surface area (Å²) in [7, 11) is -6.04. The molecule has 1 unspecified atom stereocenters. The van der Waals surface area contributed by atoms with Gasteiger partial charge in [-0.2, -0.15) is 21.6 Å². The molecule has 0 amide bonds. The van der Waals surface area contributed by atoms with Crippen LogP contribution in [-0.2, 0) is 20.8 Å². The van der Waals surface area contributed by atoms with Crippen molar-refractivity contribution < 1.29 is 34.6 Å². The molecule has 10 heteroatoms. The van der Waals surface area contributed by atoms with Gasteiger partial charge >= 0.3 is 15.6 Å². The zero-order valence-corrected chi connectivity index (χ0v) is 12.6. The van der Waals surface area contributed by atoms with Gasteiger partial charge in [-0.05, 0) is 12.0 Å². The highest BCUT2D eigenvalue weighted by Crippen LogP contribution is 2.35. The molecular weight excluding hydrogens is 345 g/mol. The molecule has 0 spiro atoms. The Labute approximate surface area is 130 Å². The van der Waals surface area contributed by atoms with Crippen LogP contribution in [-0.4, -0.2) is 43.9 Å². The van der Waals surface area contributed by atoms with E-state index in [-0.39, 0.29) is 13.1 Å². The molecule has 0 bridgehead atoms. The number of halogens is 5. The molecule has 0 aliphatic carbocycles.